The van der Waals surface area contributed by atoms with Crippen LogP contribution in [-0.2, 0) is 20.7 Å². The number of ether oxygens (including phenoxy) is 1. The highest BCUT2D eigenvalue weighted by molar-refractivity contribution is 6.31. The molecule has 28 heavy (non-hydrogen) atoms. The molecule has 0 bridgehead atoms. The molecule has 7 nitrogen and oxygen atoms in total. The molecule has 0 aliphatic carbocycles. The van der Waals surface area contributed by atoms with Gasteiger partial charge in [-0.05, 0) is 24.6 Å². The summed E-state index contributed by atoms with van der Waals surface area (Å²) in [6.07, 6.45) is 0.258. The van der Waals surface area contributed by atoms with Crippen LogP contribution in [0.25, 0.3) is 11.4 Å². The number of anilines is 1. The van der Waals surface area contributed by atoms with Crippen LogP contribution in [0.3, 0.4) is 0 Å². The van der Waals surface area contributed by atoms with Crippen molar-refractivity contribution < 1.29 is 18.8 Å². The summed E-state index contributed by atoms with van der Waals surface area (Å²) in [5.74, 6) is -0.185. The van der Waals surface area contributed by atoms with Crippen molar-refractivity contribution >= 4 is 29.2 Å². The van der Waals surface area contributed by atoms with Crippen molar-refractivity contribution in [3.63, 3.8) is 0 Å². The van der Waals surface area contributed by atoms with Crippen LogP contribution in [0.5, 0.6) is 0 Å². The first-order chi connectivity index (χ1) is 13.5. The van der Waals surface area contributed by atoms with Gasteiger partial charge in [0, 0.05) is 22.7 Å². The van der Waals surface area contributed by atoms with E-state index in [-0.39, 0.29) is 19.4 Å². The quantitative estimate of drug-likeness (QED) is 0.607. The number of halogens is 1. The highest BCUT2D eigenvalue weighted by Gasteiger charge is 2.13. The summed E-state index contributed by atoms with van der Waals surface area (Å²) in [6, 6.07) is 14.5. The number of aryl methyl sites for hydroxylation is 1. The summed E-state index contributed by atoms with van der Waals surface area (Å²) in [4.78, 5) is 28.0. The Morgan fingerprint density at radius 2 is 1.93 bits per heavy atom. The molecular weight excluding hydrogens is 382 g/mol. The van der Waals surface area contributed by atoms with Crippen molar-refractivity contribution in [2.24, 2.45) is 0 Å². The molecule has 0 spiro atoms. The van der Waals surface area contributed by atoms with Gasteiger partial charge in [0.2, 0.25) is 11.7 Å². The van der Waals surface area contributed by atoms with Crippen LogP contribution < -0.4 is 5.32 Å². The van der Waals surface area contributed by atoms with E-state index in [0.717, 1.165) is 11.1 Å². The second-order valence-electron chi connectivity index (χ2n) is 6.00. The lowest BCUT2D eigenvalue weighted by atomic mass is 10.2. The van der Waals surface area contributed by atoms with Crippen molar-refractivity contribution in [3.8, 4) is 11.4 Å². The molecule has 8 heteroatoms. The minimum absolute atomic E-state index is 0.0277. The first-order valence-electron chi connectivity index (χ1n) is 8.61. The van der Waals surface area contributed by atoms with Crippen molar-refractivity contribution in [3.05, 3.63) is 65.0 Å². The minimum Gasteiger partial charge on any atom is -0.456 e. The number of benzene rings is 2. The van der Waals surface area contributed by atoms with Crippen LogP contribution >= 0.6 is 11.6 Å². The zero-order chi connectivity index (χ0) is 19.9. The van der Waals surface area contributed by atoms with E-state index >= 15 is 0 Å². The number of hydrogen-bond acceptors (Lipinski definition) is 6. The molecule has 2 aromatic carbocycles. The van der Waals surface area contributed by atoms with Crippen LogP contribution in [0, 0.1) is 6.92 Å². The third kappa shape index (κ3) is 5.17. The Labute approximate surface area is 166 Å². The molecule has 0 unspecified atom stereocenters. The van der Waals surface area contributed by atoms with Gasteiger partial charge in [-0.3, -0.25) is 9.59 Å². The van der Waals surface area contributed by atoms with Gasteiger partial charge in [0.15, 0.2) is 6.61 Å². The summed E-state index contributed by atoms with van der Waals surface area (Å²) < 4.78 is 10.1. The molecule has 144 valence electrons. The normalized spacial score (nSPS) is 10.5. The average Bonchev–Trinajstić information content (AvgIpc) is 3.18. The molecule has 0 saturated heterocycles. The van der Waals surface area contributed by atoms with E-state index in [0.29, 0.717) is 22.4 Å². The van der Waals surface area contributed by atoms with Crippen LogP contribution in [0.2, 0.25) is 5.02 Å². The number of esters is 1. The zero-order valence-corrected chi connectivity index (χ0v) is 15.9. The summed E-state index contributed by atoms with van der Waals surface area (Å²) in [7, 11) is 0. The molecule has 0 saturated carbocycles. The van der Waals surface area contributed by atoms with Gasteiger partial charge < -0.3 is 14.6 Å². The predicted molar refractivity (Wildman–Crippen MR) is 104 cm³/mol. The van der Waals surface area contributed by atoms with Gasteiger partial charge >= 0.3 is 5.97 Å². The fourth-order valence-electron chi connectivity index (χ4n) is 2.42. The van der Waals surface area contributed by atoms with Gasteiger partial charge in [-0.1, -0.05) is 53.2 Å². The third-order valence-corrected chi connectivity index (χ3v) is 4.36. The Kier molecular flexibility index (Phi) is 6.39. The molecule has 0 atom stereocenters. The lowest BCUT2D eigenvalue weighted by Crippen LogP contribution is -2.21. The number of carbonyl (C=O) groups excluding carboxylic acids is 2. The molecule has 1 heterocycles. The fourth-order valence-corrected chi connectivity index (χ4v) is 2.59. The number of nitrogens with one attached hydrogen (secondary N) is 1. The van der Waals surface area contributed by atoms with Gasteiger partial charge in [-0.25, -0.2) is 0 Å². The summed E-state index contributed by atoms with van der Waals surface area (Å²) in [6.45, 7) is 1.40. The van der Waals surface area contributed by atoms with Gasteiger partial charge in [0.25, 0.3) is 5.91 Å². The maximum Gasteiger partial charge on any atom is 0.306 e. The van der Waals surface area contributed by atoms with E-state index in [1.54, 1.807) is 25.1 Å². The summed E-state index contributed by atoms with van der Waals surface area (Å²) in [5, 5.41) is 7.09. The Morgan fingerprint density at radius 1 is 1.14 bits per heavy atom. The summed E-state index contributed by atoms with van der Waals surface area (Å²) in [5.41, 5.74) is 2.15. The highest BCUT2D eigenvalue weighted by atomic mass is 35.5. The Morgan fingerprint density at radius 3 is 2.71 bits per heavy atom. The molecule has 0 fully saturated rings. The van der Waals surface area contributed by atoms with Crippen LogP contribution in [0.4, 0.5) is 5.69 Å². The summed E-state index contributed by atoms with van der Waals surface area (Å²) >= 11 is 6.01. The van der Waals surface area contributed by atoms with Gasteiger partial charge in [-0.2, -0.15) is 4.98 Å². The van der Waals surface area contributed by atoms with Crippen molar-refractivity contribution in [2.75, 3.05) is 11.9 Å². The van der Waals surface area contributed by atoms with E-state index in [9.17, 15) is 9.59 Å². The maximum atomic E-state index is 11.9. The number of carbonyl (C=O) groups is 2. The van der Waals surface area contributed by atoms with Crippen molar-refractivity contribution in [2.45, 2.75) is 19.8 Å². The lowest BCUT2D eigenvalue weighted by Gasteiger charge is -2.09. The number of aromatic nitrogens is 2. The van der Waals surface area contributed by atoms with Gasteiger partial charge in [-0.15, -0.1) is 0 Å². The largest absolute Gasteiger partial charge is 0.456 e. The zero-order valence-electron chi connectivity index (χ0n) is 15.1. The topological polar surface area (TPSA) is 94.3 Å². The monoisotopic (exact) mass is 399 g/mol. The third-order valence-electron chi connectivity index (χ3n) is 3.95. The SMILES string of the molecule is Cc1c(Cl)cccc1NC(=O)COC(=O)CCc1nc(-c2ccccc2)no1. The standard InChI is InChI=1S/C20H18ClN3O4/c1-13-15(21)8-5-9-16(13)22-17(25)12-27-19(26)11-10-18-23-20(24-28-18)14-6-3-2-4-7-14/h2-9H,10-12H2,1H3,(H,22,25). The number of amides is 1. The van der Waals surface area contributed by atoms with Crippen molar-refractivity contribution in [1.82, 2.24) is 10.1 Å². The van der Waals surface area contributed by atoms with E-state index < -0.39 is 11.9 Å². The lowest BCUT2D eigenvalue weighted by molar-refractivity contribution is -0.147. The molecule has 3 rings (SSSR count). The minimum atomic E-state index is -0.530. The Hall–Kier alpha value is -3.19. The molecule has 1 aromatic heterocycles. The molecule has 1 amide bonds. The van der Waals surface area contributed by atoms with E-state index in [1.807, 2.05) is 30.3 Å². The van der Waals surface area contributed by atoms with Gasteiger partial charge in [0.1, 0.15) is 0 Å². The second-order valence-corrected chi connectivity index (χ2v) is 6.41. The molecule has 1 N–H and O–H groups in total. The predicted octanol–water partition coefficient (Wildman–Crippen LogP) is 3.81. The van der Waals surface area contributed by atoms with Crippen molar-refractivity contribution in [1.29, 1.82) is 0 Å². The van der Waals surface area contributed by atoms with Gasteiger partial charge in [0.05, 0.1) is 6.42 Å². The number of nitrogens with zero attached hydrogens (tertiary/aromatic N) is 2. The smallest absolute Gasteiger partial charge is 0.306 e. The highest BCUT2D eigenvalue weighted by Crippen LogP contribution is 2.22. The first-order valence-corrected chi connectivity index (χ1v) is 8.99. The number of rotatable bonds is 7. The van der Waals surface area contributed by atoms with Crippen LogP contribution in [-0.4, -0.2) is 28.6 Å². The molecule has 3 aromatic rings. The van der Waals surface area contributed by atoms with E-state index in [1.165, 1.54) is 0 Å². The van der Waals surface area contributed by atoms with Crippen LogP contribution in [0.15, 0.2) is 53.1 Å². The Bertz CT molecular complexity index is 973. The first kappa shape index (κ1) is 19.6. The maximum absolute atomic E-state index is 11.9. The molecule has 0 aliphatic rings. The van der Waals surface area contributed by atoms with E-state index in [4.69, 9.17) is 20.9 Å². The average molecular weight is 400 g/mol. The fraction of sp³-hybridized carbons (Fsp3) is 0.200. The molecular formula is C20H18ClN3O4. The molecule has 0 radical (unpaired) electrons. The van der Waals surface area contributed by atoms with Crippen LogP contribution in [0.1, 0.15) is 17.9 Å². The second kappa shape index (κ2) is 9.14. The van der Waals surface area contributed by atoms with E-state index in [2.05, 4.69) is 15.5 Å². The molecule has 0 aliphatic heterocycles. The number of hydrogen-bond donors (Lipinski definition) is 1. The Balaban J connectivity index is 1.44.